The third-order valence-corrected chi connectivity index (χ3v) is 2.66. The Bertz CT molecular complexity index is 598. The fourth-order valence-electron chi connectivity index (χ4n) is 1.16. The third-order valence-electron chi connectivity index (χ3n) is 1.81. The molecule has 8 nitrogen and oxygen atoms in total. The van der Waals surface area contributed by atoms with E-state index in [0.29, 0.717) is 10.8 Å². The van der Waals surface area contributed by atoms with Crippen molar-refractivity contribution in [2.24, 2.45) is 0 Å². The predicted molar refractivity (Wildman–Crippen MR) is 63.3 cm³/mol. The lowest BCUT2D eigenvalue weighted by atomic mass is 10.5. The van der Waals surface area contributed by atoms with Gasteiger partial charge in [-0.15, -0.1) is 11.3 Å². The molecule has 1 amide bonds. The molecule has 92 valence electrons. The molecule has 0 fully saturated rings. The van der Waals surface area contributed by atoms with Crippen LogP contribution in [0.4, 0.5) is 17.5 Å². The van der Waals surface area contributed by atoms with Crippen LogP contribution in [0.15, 0.2) is 10.0 Å². The average molecular weight is 264 g/mol. The molecule has 9 heteroatoms. The Kier molecular flexibility index (Phi) is 3.49. The van der Waals surface area contributed by atoms with Crippen LogP contribution in [0.2, 0.25) is 0 Å². The number of anilines is 3. The molecule has 2 aromatic rings. The maximum Gasteiger partial charge on any atom is 0.222 e. The zero-order chi connectivity index (χ0) is 13.0. The fourth-order valence-corrected chi connectivity index (χ4v) is 1.82. The number of rotatable bonds is 4. The molecule has 0 atom stereocenters. The van der Waals surface area contributed by atoms with E-state index in [0.717, 1.165) is 0 Å². The van der Waals surface area contributed by atoms with Crippen LogP contribution in [0.3, 0.4) is 0 Å². The number of carbonyl (C=O) groups excluding carboxylic acids is 1. The lowest BCUT2D eigenvalue weighted by Gasteiger charge is -1.99. The van der Waals surface area contributed by atoms with E-state index in [-0.39, 0.29) is 24.0 Å². The lowest BCUT2D eigenvalue weighted by Crippen LogP contribution is -2.08. The molecule has 2 N–H and O–H groups in total. The van der Waals surface area contributed by atoms with Crippen LogP contribution in [0.1, 0.15) is 11.9 Å². The second kappa shape index (κ2) is 5.24. The van der Waals surface area contributed by atoms with E-state index in [1.54, 1.807) is 5.38 Å². The summed E-state index contributed by atoms with van der Waals surface area (Å²) in [5.41, 5.74) is 0. The summed E-state index contributed by atoms with van der Waals surface area (Å²) in [6.45, 7) is 1.35. The summed E-state index contributed by atoms with van der Waals surface area (Å²) in [6, 6.07) is 2.01. The van der Waals surface area contributed by atoms with Gasteiger partial charge in [-0.3, -0.25) is 4.79 Å². The summed E-state index contributed by atoms with van der Waals surface area (Å²) in [5, 5.41) is 23.4. The van der Waals surface area contributed by atoms with Gasteiger partial charge in [-0.05, 0) is 10.3 Å². The summed E-state index contributed by atoms with van der Waals surface area (Å²) in [6.07, 6.45) is 0.252. The van der Waals surface area contributed by atoms with Crippen LogP contribution in [0.5, 0.6) is 0 Å². The molecule has 18 heavy (non-hydrogen) atoms. The molecule has 2 aromatic heterocycles. The summed E-state index contributed by atoms with van der Waals surface area (Å²) in [5.74, 6) is 0.695. The number of hydrogen-bond acceptors (Lipinski definition) is 8. The Balaban J connectivity index is 2.11. The van der Waals surface area contributed by atoms with Gasteiger partial charge in [0, 0.05) is 12.3 Å². The zero-order valence-corrected chi connectivity index (χ0v) is 10.1. The molecule has 0 aliphatic rings. The number of nitrogens with one attached hydrogen (secondary N) is 2. The maximum absolute atomic E-state index is 10.9. The van der Waals surface area contributed by atoms with Crippen molar-refractivity contribution >= 4 is 34.7 Å². The number of carbonyl (C=O) groups is 1. The number of amides is 1. The van der Waals surface area contributed by atoms with Crippen LogP contribution < -0.4 is 10.6 Å². The predicted octanol–water partition coefficient (Wildman–Crippen LogP) is 1.29. The Morgan fingerprint density at radius 2 is 2.33 bits per heavy atom. The number of hydrogen-bond donors (Lipinski definition) is 2. The van der Waals surface area contributed by atoms with Crippen molar-refractivity contribution < 1.29 is 9.42 Å². The van der Waals surface area contributed by atoms with Crippen molar-refractivity contribution in [3.63, 3.8) is 0 Å². The number of nitrogens with zero attached hydrogens (tertiary/aromatic N) is 4. The maximum atomic E-state index is 10.9. The first kappa shape index (κ1) is 12.0. The molecule has 0 aromatic carbocycles. The van der Waals surface area contributed by atoms with Gasteiger partial charge in [0.05, 0.1) is 12.5 Å². The fraction of sp³-hybridized carbons (Fsp3) is 0.222. The van der Waals surface area contributed by atoms with Gasteiger partial charge in [-0.25, -0.2) is 9.61 Å². The van der Waals surface area contributed by atoms with Crippen molar-refractivity contribution in [3.8, 4) is 6.07 Å². The Labute approximate surface area is 106 Å². The average Bonchev–Trinajstić information content (AvgIpc) is 2.90. The first-order valence-corrected chi connectivity index (χ1v) is 5.75. The van der Waals surface area contributed by atoms with Gasteiger partial charge in [-0.1, -0.05) is 0 Å². The molecule has 0 spiro atoms. The summed E-state index contributed by atoms with van der Waals surface area (Å²) in [7, 11) is 0. The standard InChI is InChI=1S/C9H8N6O2S/c1-5(16)11-8-9(15-17-14-8)13-6-4-18-7(12-6)2-3-10/h4H,2H2,1H3,(H,13,15)(H,11,14,16). The molecule has 2 rings (SSSR count). The van der Waals surface area contributed by atoms with Crippen molar-refractivity contribution in [2.75, 3.05) is 10.6 Å². The monoisotopic (exact) mass is 264 g/mol. The molecule has 0 radical (unpaired) electrons. The first-order chi connectivity index (χ1) is 8.69. The number of thiazole rings is 1. The smallest absolute Gasteiger partial charge is 0.222 e. The van der Waals surface area contributed by atoms with Crippen LogP contribution in [-0.4, -0.2) is 21.2 Å². The quantitative estimate of drug-likeness (QED) is 0.854. The molecular formula is C9H8N6O2S. The molecule has 0 saturated carbocycles. The van der Waals surface area contributed by atoms with Crippen LogP contribution in [0, 0.1) is 11.3 Å². The molecule has 2 heterocycles. The summed E-state index contributed by atoms with van der Waals surface area (Å²) in [4.78, 5) is 15.1. The Hall–Kier alpha value is -2.47. The van der Waals surface area contributed by atoms with E-state index in [1.807, 2.05) is 6.07 Å². The molecule has 0 bridgehead atoms. The van der Waals surface area contributed by atoms with Gasteiger partial charge in [-0.2, -0.15) is 5.26 Å². The largest absolute Gasteiger partial charge is 0.318 e. The Morgan fingerprint density at radius 3 is 3.06 bits per heavy atom. The van der Waals surface area contributed by atoms with E-state index in [4.69, 9.17) is 5.26 Å². The number of nitriles is 1. The van der Waals surface area contributed by atoms with Crippen molar-refractivity contribution in [1.29, 1.82) is 5.26 Å². The SMILES string of the molecule is CC(=O)Nc1nonc1Nc1csc(CC#N)n1. The number of aromatic nitrogens is 3. The van der Waals surface area contributed by atoms with Crippen LogP contribution in [0.25, 0.3) is 0 Å². The van der Waals surface area contributed by atoms with E-state index in [9.17, 15) is 4.79 Å². The van der Waals surface area contributed by atoms with E-state index in [1.165, 1.54) is 18.3 Å². The van der Waals surface area contributed by atoms with Gasteiger partial charge in [0.25, 0.3) is 0 Å². The second-order valence-corrected chi connectivity index (χ2v) is 4.17. The normalized spacial score (nSPS) is 9.78. The van der Waals surface area contributed by atoms with Crippen molar-refractivity contribution in [2.45, 2.75) is 13.3 Å². The van der Waals surface area contributed by atoms with E-state index in [2.05, 4.69) is 30.6 Å². The van der Waals surface area contributed by atoms with Gasteiger partial charge in [0.2, 0.25) is 17.5 Å². The van der Waals surface area contributed by atoms with Gasteiger partial charge in [0.1, 0.15) is 10.8 Å². The molecule has 0 aliphatic heterocycles. The highest BCUT2D eigenvalue weighted by molar-refractivity contribution is 7.10. The molecular weight excluding hydrogens is 256 g/mol. The topological polar surface area (TPSA) is 117 Å². The highest BCUT2D eigenvalue weighted by Gasteiger charge is 2.12. The summed E-state index contributed by atoms with van der Waals surface area (Å²) >= 11 is 1.35. The molecule has 0 aliphatic carbocycles. The first-order valence-electron chi connectivity index (χ1n) is 4.87. The molecule has 0 saturated heterocycles. The van der Waals surface area contributed by atoms with Gasteiger partial charge in [0.15, 0.2) is 0 Å². The van der Waals surface area contributed by atoms with Crippen molar-refractivity contribution in [1.82, 2.24) is 15.3 Å². The van der Waals surface area contributed by atoms with E-state index >= 15 is 0 Å². The van der Waals surface area contributed by atoms with Crippen LogP contribution >= 0.6 is 11.3 Å². The minimum absolute atomic E-state index is 0.192. The third kappa shape index (κ3) is 2.80. The highest BCUT2D eigenvalue weighted by atomic mass is 32.1. The highest BCUT2D eigenvalue weighted by Crippen LogP contribution is 2.22. The van der Waals surface area contributed by atoms with Crippen LogP contribution in [-0.2, 0) is 11.2 Å². The van der Waals surface area contributed by atoms with Gasteiger partial charge >= 0.3 is 0 Å². The van der Waals surface area contributed by atoms with Crippen molar-refractivity contribution in [3.05, 3.63) is 10.4 Å². The van der Waals surface area contributed by atoms with E-state index < -0.39 is 0 Å². The zero-order valence-electron chi connectivity index (χ0n) is 9.30. The Morgan fingerprint density at radius 1 is 1.56 bits per heavy atom. The summed E-state index contributed by atoms with van der Waals surface area (Å²) < 4.78 is 4.52. The second-order valence-electron chi connectivity index (χ2n) is 3.23. The minimum Gasteiger partial charge on any atom is -0.318 e. The molecule has 0 unspecified atom stereocenters. The lowest BCUT2D eigenvalue weighted by molar-refractivity contribution is -0.114. The minimum atomic E-state index is -0.280. The van der Waals surface area contributed by atoms with Gasteiger partial charge < -0.3 is 10.6 Å².